The number of benzene rings is 1. The molecule has 0 bridgehead atoms. The highest BCUT2D eigenvalue weighted by Gasteiger charge is 2.32. The van der Waals surface area contributed by atoms with E-state index in [0.29, 0.717) is 11.6 Å². The van der Waals surface area contributed by atoms with Crippen LogP contribution in [-0.4, -0.2) is 9.97 Å². The number of nitrogens with zero attached hydrogens (tertiary/aromatic N) is 2. The monoisotopic (exact) mass is 295 g/mol. The van der Waals surface area contributed by atoms with Gasteiger partial charge in [-0.05, 0) is 37.1 Å². The number of alkyl halides is 3. The van der Waals surface area contributed by atoms with Gasteiger partial charge < -0.3 is 5.32 Å². The van der Waals surface area contributed by atoms with Gasteiger partial charge in [0.1, 0.15) is 0 Å². The number of hydrogen-bond donors (Lipinski definition) is 1. The highest BCUT2D eigenvalue weighted by atomic mass is 19.4. The van der Waals surface area contributed by atoms with Crippen molar-refractivity contribution in [3.63, 3.8) is 0 Å². The Morgan fingerprint density at radius 2 is 1.95 bits per heavy atom. The third kappa shape index (κ3) is 3.93. The highest BCUT2D eigenvalue weighted by Crippen LogP contribution is 2.33. The molecule has 0 radical (unpaired) electrons. The quantitative estimate of drug-likeness (QED) is 0.902. The molecule has 21 heavy (non-hydrogen) atoms. The molecule has 0 atom stereocenters. The lowest BCUT2D eigenvalue weighted by molar-refractivity contribution is -0.138. The predicted molar refractivity (Wildman–Crippen MR) is 75.5 cm³/mol. The van der Waals surface area contributed by atoms with Crippen LogP contribution in [0.4, 0.5) is 24.8 Å². The molecule has 6 heteroatoms. The number of hydrogen-bond acceptors (Lipinski definition) is 3. The minimum atomic E-state index is -4.37. The van der Waals surface area contributed by atoms with Gasteiger partial charge in [-0.2, -0.15) is 13.2 Å². The van der Waals surface area contributed by atoms with Gasteiger partial charge in [0.15, 0.2) is 0 Å². The standard InChI is InChI=1S/C15H16F3N3/c1-3-4-11-7-8-19-14(20-11)21-12-6-5-10(2)13(9-12)15(16,17)18/h5-9H,3-4H2,1-2H3,(H,19,20,21). The Labute approximate surface area is 121 Å². The SMILES string of the molecule is CCCc1ccnc(Nc2ccc(C)c(C(F)(F)F)c2)n1. The molecule has 0 unspecified atom stereocenters. The van der Waals surface area contributed by atoms with Crippen molar-refractivity contribution in [3.8, 4) is 0 Å². The third-order valence-electron chi connectivity index (χ3n) is 3.02. The molecule has 0 aliphatic rings. The van der Waals surface area contributed by atoms with Crippen LogP contribution in [0, 0.1) is 6.92 Å². The van der Waals surface area contributed by atoms with Crippen molar-refractivity contribution in [2.24, 2.45) is 0 Å². The summed E-state index contributed by atoms with van der Waals surface area (Å²) in [6.45, 7) is 3.47. The van der Waals surface area contributed by atoms with Crippen molar-refractivity contribution in [1.29, 1.82) is 0 Å². The van der Waals surface area contributed by atoms with Gasteiger partial charge in [0.25, 0.3) is 0 Å². The van der Waals surface area contributed by atoms with Gasteiger partial charge in [-0.1, -0.05) is 19.4 Å². The van der Waals surface area contributed by atoms with Gasteiger partial charge in [-0.25, -0.2) is 9.97 Å². The number of halogens is 3. The molecular weight excluding hydrogens is 279 g/mol. The fourth-order valence-electron chi connectivity index (χ4n) is 1.99. The topological polar surface area (TPSA) is 37.8 Å². The summed E-state index contributed by atoms with van der Waals surface area (Å²) in [6.07, 6.45) is -1.02. The molecule has 1 N–H and O–H groups in total. The van der Waals surface area contributed by atoms with Crippen molar-refractivity contribution < 1.29 is 13.2 Å². The van der Waals surface area contributed by atoms with E-state index in [2.05, 4.69) is 15.3 Å². The van der Waals surface area contributed by atoms with Crippen molar-refractivity contribution in [1.82, 2.24) is 9.97 Å². The Kier molecular flexibility index (Phi) is 4.45. The van der Waals surface area contributed by atoms with E-state index in [1.807, 2.05) is 6.92 Å². The van der Waals surface area contributed by atoms with E-state index in [0.717, 1.165) is 24.6 Å². The van der Waals surface area contributed by atoms with E-state index in [9.17, 15) is 13.2 Å². The van der Waals surface area contributed by atoms with Gasteiger partial charge in [0, 0.05) is 17.6 Å². The third-order valence-corrected chi connectivity index (χ3v) is 3.02. The lowest BCUT2D eigenvalue weighted by Gasteiger charge is -2.13. The van der Waals surface area contributed by atoms with Crippen molar-refractivity contribution in [2.75, 3.05) is 5.32 Å². The molecule has 1 aromatic heterocycles. The number of aryl methyl sites for hydroxylation is 2. The summed E-state index contributed by atoms with van der Waals surface area (Å²) < 4.78 is 38.6. The minimum absolute atomic E-state index is 0.189. The highest BCUT2D eigenvalue weighted by molar-refractivity contribution is 5.56. The molecule has 1 heterocycles. The van der Waals surface area contributed by atoms with Crippen LogP contribution in [0.25, 0.3) is 0 Å². The summed E-state index contributed by atoms with van der Waals surface area (Å²) in [5, 5.41) is 2.82. The summed E-state index contributed by atoms with van der Waals surface area (Å²) in [6, 6.07) is 5.89. The summed E-state index contributed by atoms with van der Waals surface area (Å²) in [7, 11) is 0. The summed E-state index contributed by atoms with van der Waals surface area (Å²) in [5.74, 6) is 0.304. The molecule has 2 rings (SSSR count). The van der Waals surface area contributed by atoms with E-state index in [-0.39, 0.29) is 5.56 Å². The Bertz CT molecular complexity index is 624. The average Bonchev–Trinajstić information content (AvgIpc) is 2.40. The zero-order valence-corrected chi connectivity index (χ0v) is 11.8. The Hall–Kier alpha value is -2.11. The molecule has 0 saturated heterocycles. The minimum Gasteiger partial charge on any atom is -0.324 e. The maximum Gasteiger partial charge on any atom is 0.416 e. The summed E-state index contributed by atoms with van der Waals surface area (Å²) in [5.41, 5.74) is 0.714. The van der Waals surface area contributed by atoms with Crippen molar-refractivity contribution >= 4 is 11.6 Å². The number of nitrogens with one attached hydrogen (secondary N) is 1. The van der Waals surface area contributed by atoms with Crippen LogP contribution < -0.4 is 5.32 Å². The maximum absolute atomic E-state index is 12.9. The predicted octanol–water partition coefficient (Wildman–Crippen LogP) is 4.50. The smallest absolute Gasteiger partial charge is 0.324 e. The van der Waals surface area contributed by atoms with E-state index < -0.39 is 11.7 Å². The summed E-state index contributed by atoms with van der Waals surface area (Å²) >= 11 is 0. The molecule has 0 amide bonds. The second-order valence-electron chi connectivity index (χ2n) is 4.77. The van der Waals surface area contributed by atoms with Gasteiger partial charge in [0.2, 0.25) is 5.95 Å². The first-order chi connectivity index (χ1) is 9.90. The maximum atomic E-state index is 12.9. The van der Waals surface area contributed by atoms with Crippen LogP contribution in [0.3, 0.4) is 0 Å². The lowest BCUT2D eigenvalue weighted by atomic mass is 10.1. The van der Waals surface area contributed by atoms with Crippen LogP contribution in [0.5, 0.6) is 0 Å². The van der Waals surface area contributed by atoms with E-state index >= 15 is 0 Å². The zero-order chi connectivity index (χ0) is 15.5. The average molecular weight is 295 g/mol. The Morgan fingerprint density at radius 1 is 1.19 bits per heavy atom. The Balaban J connectivity index is 2.26. The molecule has 112 valence electrons. The first kappa shape index (κ1) is 15.3. The van der Waals surface area contributed by atoms with Gasteiger partial charge in [0.05, 0.1) is 5.56 Å². The van der Waals surface area contributed by atoms with Gasteiger partial charge in [-0.3, -0.25) is 0 Å². The largest absolute Gasteiger partial charge is 0.416 e. The van der Waals surface area contributed by atoms with E-state index in [4.69, 9.17) is 0 Å². The molecule has 0 aliphatic carbocycles. The molecule has 0 fully saturated rings. The zero-order valence-electron chi connectivity index (χ0n) is 11.8. The molecular formula is C15H16F3N3. The fourth-order valence-corrected chi connectivity index (χ4v) is 1.99. The normalized spacial score (nSPS) is 11.5. The molecule has 2 aromatic rings. The second-order valence-corrected chi connectivity index (χ2v) is 4.77. The number of anilines is 2. The molecule has 0 saturated carbocycles. The van der Waals surface area contributed by atoms with Crippen LogP contribution >= 0.6 is 0 Å². The number of aromatic nitrogens is 2. The molecule has 1 aromatic carbocycles. The van der Waals surface area contributed by atoms with Gasteiger partial charge in [-0.15, -0.1) is 0 Å². The van der Waals surface area contributed by atoms with E-state index in [1.54, 1.807) is 18.3 Å². The number of rotatable bonds is 4. The van der Waals surface area contributed by atoms with Crippen molar-refractivity contribution in [2.45, 2.75) is 32.9 Å². The van der Waals surface area contributed by atoms with Crippen molar-refractivity contribution in [3.05, 3.63) is 47.3 Å². The summed E-state index contributed by atoms with van der Waals surface area (Å²) in [4.78, 5) is 8.30. The van der Waals surface area contributed by atoms with Crippen LogP contribution in [0.1, 0.15) is 30.2 Å². The Morgan fingerprint density at radius 3 is 2.62 bits per heavy atom. The van der Waals surface area contributed by atoms with Gasteiger partial charge >= 0.3 is 6.18 Å². The molecule has 3 nitrogen and oxygen atoms in total. The lowest BCUT2D eigenvalue weighted by Crippen LogP contribution is -2.08. The first-order valence-corrected chi connectivity index (χ1v) is 6.67. The second kappa shape index (κ2) is 6.11. The fraction of sp³-hybridized carbons (Fsp3) is 0.333. The molecule has 0 spiro atoms. The van der Waals surface area contributed by atoms with Crippen LogP contribution in [-0.2, 0) is 12.6 Å². The van der Waals surface area contributed by atoms with Crippen LogP contribution in [0.2, 0.25) is 0 Å². The van der Waals surface area contributed by atoms with Crippen LogP contribution in [0.15, 0.2) is 30.5 Å². The molecule has 0 aliphatic heterocycles. The first-order valence-electron chi connectivity index (χ1n) is 6.67. The van der Waals surface area contributed by atoms with E-state index in [1.165, 1.54) is 13.0 Å².